The second-order valence-electron chi connectivity index (χ2n) is 3.53. The Morgan fingerprint density at radius 3 is 2.93 bits per heavy atom. The summed E-state index contributed by atoms with van der Waals surface area (Å²) in [5, 5.41) is 4.01. The summed E-state index contributed by atoms with van der Waals surface area (Å²) in [5.41, 5.74) is 0.923. The number of hydrogen-bond acceptors (Lipinski definition) is 2. The van der Waals surface area contributed by atoms with E-state index in [1.807, 2.05) is 18.2 Å². The van der Waals surface area contributed by atoms with Crippen molar-refractivity contribution in [1.82, 2.24) is 0 Å². The maximum Gasteiger partial charge on any atom is 0.101 e. The standard InChI is InChI=1S/C11H12BrClN2/c12-8-4-5-9(13)10(7-8)15-11-3-1-2-6-14-11/h4-5,7H,1-3,6H2,(H,14,15). The van der Waals surface area contributed by atoms with E-state index in [-0.39, 0.29) is 0 Å². The van der Waals surface area contributed by atoms with Crippen molar-refractivity contribution in [2.24, 2.45) is 4.99 Å². The van der Waals surface area contributed by atoms with Gasteiger partial charge in [-0.05, 0) is 31.0 Å². The second-order valence-corrected chi connectivity index (χ2v) is 4.86. The molecule has 0 saturated carbocycles. The molecular formula is C11H12BrClN2. The van der Waals surface area contributed by atoms with Crippen LogP contribution < -0.4 is 5.32 Å². The van der Waals surface area contributed by atoms with Crippen molar-refractivity contribution in [1.29, 1.82) is 0 Å². The molecule has 0 aliphatic carbocycles. The van der Waals surface area contributed by atoms with E-state index in [4.69, 9.17) is 11.6 Å². The number of hydrogen-bond donors (Lipinski definition) is 1. The monoisotopic (exact) mass is 286 g/mol. The van der Waals surface area contributed by atoms with Crippen molar-refractivity contribution in [3.05, 3.63) is 27.7 Å². The molecule has 1 aromatic rings. The van der Waals surface area contributed by atoms with E-state index in [0.29, 0.717) is 0 Å². The van der Waals surface area contributed by atoms with Gasteiger partial charge >= 0.3 is 0 Å². The minimum absolute atomic E-state index is 0.728. The summed E-state index contributed by atoms with van der Waals surface area (Å²) >= 11 is 9.50. The first-order valence-electron chi connectivity index (χ1n) is 5.01. The Kier molecular flexibility index (Phi) is 3.65. The van der Waals surface area contributed by atoms with Crippen LogP contribution in [0, 0.1) is 0 Å². The lowest BCUT2D eigenvalue weighted by atomic mass is 10.2. The molecule has 0 bridgehead atoms. The highest BCUT2D eigenvalue weighted by atomic mass is 79.9. The molecule has 0 unspecified atom stereocenters. The molecule has 0 radical (unpaired) electrons. The first kappa shape index (κ1) is 11.0. The number of aliphatic imine (C=N–C) groups is 1. The fourth-order valence-electron chi connectivity index (χ4n) is 1.55. The number of amidine groups is 1. The fraction of sp³-hybridized carbons (Fsp3) is 0.364. The average Bonchev–Trinajstić information content (AvgIpc) is 2.25. The zero-order chi connectivity index (χ0) is 10.7. The van der Waals surface area contributed by atoms with Crippen molar-refractivity contribution in [3.63, 3.8) is 0 Å². The van der Waals surface area contributed by atoms with Gasteiger partial charge in [0.15, 0.2) is 0 Å². The summed E-state index contributed by atoms with van der Waals surface area (Å²) in [6, 6.07) is 5.77. The van der Waals surface area contributed by atoms with Gasteiger partial charge in [0.25, 0.3) is 0 Å². The number of benzene rings is 1. The molecule has 0 fully saturated rings. The van der Waals surface area contributed by atoms with Crippen LogP contribution in [0.2, 0.25) is 5.02 Å². The summed E-state index contributed by atoms with van der Waals surface area (Å²) in [5.74, 6) is 1.04. The zero-order valence-corrected chi connectivity index (χ0v) is 10.6. The SMILES string of the molecule is Clc1ccc(Br)cc1NC1=NCCCC1. The molecule has 4 heteroatoms. The van der Waals surface area contributed by atoms with Crippen molar-refractivity contribution >= 4 is 39.1 Å². The van der Waals surface area contributed by atoms with Crippen LogP contribution in [0.4, 0.5) is 5.69 Å². The molecule has 2 rings (SSSR count). The Labute approximate surface area is 103 Å². The third-order valence-corrected chi connectivity index (χ3v) is 3.15. The van der Waals surface area contributed by atoms with Gasteiger partial charge < -0.3 is 5.32 Å². The summed E-state index contributed by atoms with van der Waals surface area (Å²) < 4.78 is 1.02. The first-order chi connectivity index (χ1) is 7.25. The molecular weight excluding hydrogens is 275 g/mol. The molecule has 15 heavy (non-hydrogen) atoms. The summed E-state index contributed by atoms with van der Waals surface area (Å²) in [6.07, 6.45) is 3.41. The quantitative estimate of drug-likeness (QED) is 0.826. The number of nitrogens with zero attached hydrogens (tertiary/aromatic N) is 1. The normalized spacial score (nSPS) is 16.0. The maximum absolute atomic E-state index is 6.08. The van der Waals surface area contributed by atoms with Gasteiger partial charge in [-0.2, -0.15) is 0 Å². The highest BCUT2D eigenvalue weighted by molar-refractivity contribution is 9.10. The Morgan fingerprint density at radius 1 is 1.33 bits per heavy atom. The first-order valence-corrected chi connectivity index (χ1v) is 6.18. The number of halogens is 2. The molecule has 2 nitrogen and oxygen atoms in total. The molecule has 1 N–H and O–H groups in total. The van der Waals surface area contributed by atoms with Crippen LogP contribution >= 0.6 is 27.5 Å². The van der Waals surface area contributed by atoms with Gasteiger partial charge in [0.05, 0.1) is 10.7 Å². The lowest BCUT2D eigenvalue weighted by molar-refractivity contribution is 0.737. The Hall–Kier alpha value is -0.540. The highest BCUT2D eigenvalue weighted by Gasteiger charge is 2.07. The van der Waals surface area contributed by atoms with Gasteiger partial charge in [-0.15, -0.1) is 0 Å². The fourth-order valence-corrected chi connectivity index (χ4v) is 2.07. The Bertz CT molecular complexity index is 390. The van der Waals surface area contributed by atoms with E-state index in [9.17, 15) is 0 Å². The Morgan fingerprint density at radius 2 is 2.20 bits per heavy atom. The van der Waals surface area contributed by atoms with Gasteiger partial charge in [0.1, 0.15) is 5.84 Å². The van der Waals surface area contributed by atoms with Crippen LogP contribution in [0.25, 0.3) is 0 Å². The molecule has 1 aliphatic heterocycles. The largest absolute Gasteiger partial charge is 0.343 e. The zero-order valence-electron chi connectivity index (χ0n) is 8.26. The third-order valence-electron chi connectivity index (χ3n) is 2.33. The van der Waals surface area contributed by atoms with Gasteiger partial charge in [-0.25, -0.2) is 0 Å². The molecule has 0 saturated heterocycles. The van der Waals surface area contributed by atoms with Crippen molar-refractivity contribution in [3.8, 4) is 0 Å². The van der Waals surface area contributed by atoms with Crippen molar-refractivity contribution in [2.45, 2.75) is 19.3 Å². The van der Waals surface area contributed by atoms with Crippen LogP contribution in [-0.4, -0.2) is 12.4 Å². The maximum atomic E-state index is 6.08. The summed E-state index contributed by atoms with van der Waals surface area (Å²) in [7, 11) is 0. The number of nitrogens with one attached hydrogen (secondary N) is 1. The second kappa shape index (κ2) is 4.99. The third kappa shape index (κ3) is 2.95. The van der Waals surface area contributed by atoms with E-state index in [0.717, 1.165) is 34.0 Å². The van der Waals surface area contributed by atoms with Crippen LogP contribution in [-0.2, 0) is 0 Å². The van der Waals surface area contributed by atoms with Gasteiger partial charge in [0, 0.05) is 17.4 Å². The number of anilines is 1. The van der Waals surface area contributed by atoms with E-state index >= 15 is 0 Å². The Balaban J connectivity index is 2.15. The molecule has 0 spiro atoms. The van der Waals surface area contributed by atoms with Gasteiger partial charge in [0.2, 0.25) is 0 Å². The lowest BCUT2D eigenvalue weighted by Crippen LogP contribution is -2.16. The van der Waals surface area contributed by atoms with Crippen LogP contribution in [0.1, 0.15) is 19.3 Å². The summed E-state index contributed by atoms with van der Waals surface area (Å²) in [6.45, 7) is 0.925. The smallest absolute Gasteiger partial charge is 0.101 e. The van der Waals surface area contributed by atoms with Crippen molar-refractivity contribution < 1.29 is 0 Å². The number of rotatable bonds is 1. The van der Waals surface area contributed by atoms with E-state index in [1.54, 1.807) is 0 Å². The van der Waals surface area contributed by atoms with E-state index in [2.05, 4.69) is 26.2 Å². The molecule has 80 valence electrons. The summed E-state index contributed by atoms with van der Waals surface area (Å²) in [4.78, 5) is 4.43. The van der Waals surface area contributed by atoms with E-state index < -0.39 is 0 Å². The van der Waals surface area contributed by atoms with Gasteiger partial charge in [-0.1, -0.05) is 27.5 Å². The van der Waals surface area contributed by atoms with E-state index in [1.165, 1.54) is 12.8 Å². The predicted molar refractivity (Wildman–Crippen MR) is 68.9 cm³/mol. The molecule has 0 aromatic heterocycles. The topological polar surface area (TPSA) is 24.4 Å². The molecule has 1 aliphatic rings. The molecule has 0 atom stereocenters. The highest BCUT2D eigenvalue weighted by Crippen LogP contribution is 2.26. The lowest BCUT2D eigenvalue weighted by Gasteiger charge is -2.15. The average molecular weight is 288 g/mol. The minimum Gasteiger partial charge on any atom is -0.343 e. The minimum atomic E-state index is 0.728. The molecule has 0 amide bonds. The predicted octanol–water partition coefficient (Wildman–Crippen LogP) is 4.10. The van der Waals surface area contributed by atoms with Crippen LogP contribution in [0.15, 0.2) is 27.7 Å². The van der Waals surface area contributed by atoms with Crippen LogP contribution in [0.5, 0.6) is 0 Å². The van der Waals surface area contributed by atoms with Crippen LogP contribution in [0.3, 0.4) is 0 Å². The van der Waals surface area contributed by atoms with Gasteiger partial charge in [-0.3, -0.25) is 4.99 Å². The molecule has 1 aromatic carbocycles. The molecule has 1 heterocycles. The van der Waals surface area contributed by atoms with Crippen molar-refractivity contribution in [2.75, 3.05) is 11.9 Å².